The van der Waals surface area contributed by atoms with Crippen LogP contribution in [0.15, 0.2) is 34.9 Å². The molecule has 17 heavy (non-hydrogen) atoms. The summed E-state index contributed by atoms with van der Waals surface area (Å²) in [7, 11) is 0. The number of benzene rings is 1. The molecule has 1 aromatic rings. The van der Waals surface area contributed by atoms with E-state index in [1.165, 1.54) is 17.2 Å². The standard InChI is InChI=1S/C12H9BrClNO2/c13-11-2-1-8(14)7-10(11)12(17)15-5-3-9(16)4-6-15/h1-3,5,7H,4,6H2. The van der Waals surface area contributed by atoms with Crippen molar-refractivity contribution in [3.8, 4) is 0 Å². The minimum absolute atomic E-state index is 0.0409. The summed E-state index contributed by atoms with van der Waals surface area (Å²) in [5.74, 6) is -0.123. The Bertz CT molecular complexity index is 513. The van der Waals surface area contributed by atoms with E-state index >= 15 is 0 Å². The fraction of sp³-hybridized carbons (Fsp3) is 0.167. The Balaban J connectivity index is 2.28. The first-order valence-corrected chi connectivity index (χ1v) is 6.22. The van der Waals surface area contributed by atoms with Gasteiger partial charge in [0.1, 0.15) is 0 Å². The maximum absolute atomic E-state index is 12.2. The van der Waals surface area contributed by atoms with E-state index in [0.717, 1.165) is 0 Å². The molecule has 0 saturated heterocycles. The van der Waals surface area contributed by atoms with Gasteiger partial charge in [0.2, 0.25) is 0 Å². The summed E-state index contributed by atoms with van der Waals surface area (Å²) in [6.07, 6.45) is 3.29. The van der Waals surface area contributed by atoms with Gasteiger partial charge in [-0.05, 0) is 40.2 Å². The number of carbonyl (C=O) groups is 2. The first kappa shape index (κ1) is 12.3. The van der Waals surface area contributed by atoms with E-state index in [1.807, 2.05) is 0 Å². The molecular weight excluding hydrogens is 305 g/mol. The van der Waals surface area contributed by atoms with E-state index in [4.69, 9.17) is 11.6 Å². The summed E-state index contributed by atoms with van der Waals surface area (Å²) in [6, 6.07) is 5.05. The third kappa shape index (κ3) is 2.76. The van der Waals surface area contributed by atoms with Crippen molar-refractivity contribution >= 4 is 39.2 Å². The quantitative estimate of drug-likeness (QED) is 0.799. The zero-order valence-electron chi connectivity index (χ0n) is 8.82. The van der Waals surface area contributed by atoms with Gasteiger partial charge in [-0.2, -0.15) is 0 Å². The van der Waals surface area contributed by atoms with E-state index in [0.29, 0.717) is 28.0 Å². The number of hydrogen-bond acceptors (Lipinski definition) is 2. The number of carbonyl (C=O) groups excluding carboxylic acids is 2. The predicted octanol–water partition coefficient (Wildman–Crippen LogP) is 3.03. The maximum atomic E-state index is 12.2. The molecule has 1 aliphatic heterocycles. The van der Waals surface area contributed by atoms with E-state index in [2.05, 4.69) is 15.9 Å². The topological polar surface area (TPSA) is 37.4 Å². The zero-order chi connectivity index (χ0) is 12.4. The number of amides is 1. The molecule has 0 saturated carbocycles. The van der Waals surface area contributed by atoms with E-state index in [1.54, 1.807) is 18.2 Å². The maximum Gasteiger partial charge on any atom is 0.259 e. The highest BCUT2D eigenvalue weighted by Gasteiger charge is 2.19. The molecule has 2 rings (SSSR count). The van der Waals surface area contributed by atoms with Gasteiger partial charge in [0.25, 0.3) is 5.91 Å². The Morgan fingerprint density at radius 1 is 1.41 bits per heavy atom. The summed E-state index contributed by atoms with van der Waals surface area (Å²) in [5.41, 5.74) is 0.497. The van der Waals surface area contributed by atoms with Crippen LogP contribution in [-0.2, 0) is 4.79 Å². The number of halogens is 2. The monoisotopic (exact) mass is 313 g/mol. The number of rotatable bonds is 1. The smallest absolute Gasteiger partial charge is 0.259 e. The van der Waals surface area contributed by atoms with Crippen LogP contribution < -0.4 is 0 Å². The Morgan fingerprint density at radius 2 is 2.18 bits per heavy atom. The molecule has 0 bridgehead atoms. The van der Waals surface area contributed by atoms with Crippen molar-refractivity contribution in [1.82, 2.24) is 4.90 Å². The van der Waals surface area contributed by atoms with E-state index in [-0.39, 0.29) is 11.7 Å². The summed E-state index contributed by atoms with van der Waals surface area (Å²) < 4.78 is 0.692. The highest BCUT2D eigenvalue weighted by Crippen LogP contribution is 2.23. The fourth-order valence-electron chi connectivity index (χ4n) is 1.55. The number of nitrogens with zero attached hydrogens (tertiary/aromatic N) is 1. The Labute approximate surface area is 112 Å². The van der Waals surface area contributed by atoms with Gasteiger partial charge in [-0.25, -0.2) is 0 Å². The van der Waals surface area contributed by atoms with Crippen LogP contribution in [0.5, 0.6) is 0 Å². The van der Waals surface area contributed by atoms with Gasteiger partial charge >= 0.3 is 0 Å². The van der Waals surface area contributed by atoms with Crippen molar-refractivity contribution in [3.05, 3.63) is 45.5 Å². The molecule has 0 aliphatic carbocycles. The van der Waals surface area contributed by atoms with Crippen LogP contribution in [0.1, 0.15) is 16.8 Å². The molecule has 1 heterocycles. The molecule has 0 atom stereocenters. The Kier molecular flexibility index (Phi) is 3.64. The molecule has 0 radical (unpaired) electrons. The first-order chi connectivity index (χ1) is 8.08. The van der Waals surface area contributed by atoms with Crippen molar-refractivity contribution in [1.29, 1.82) is 0 Å². The fourth-order valence-corrected chi connectivity index (χ4v) is 2.14. The van der Waals surface area contributed by atoms with Crippen molar-refractivity contribution in [2.75, 3.05) is 6.54 Å². The van der Waals surface area contributed by atoms with E-state index < -0.39 is 0 Å². The second kappa shape index (κ2) is 5.02. The largest absolute Gasteiger partial charge is 0.314 e. The normalized spacial score (nSPS) is 15.2. The molecule has 1 aliphatic rings. The van der Waals surface area contributed by atoms with Crippen LogP contribution in [0.3, 0.4) is 0 Å². The molecule has 0 spiro atoms. The molecule has 0 N–H and O–H groups in total. The number of hydrogen-bond donors (Lipinski definition) is 0. The second-order valence-corrected chi connectivity index (χ2v) is 4.95. The minimum Gasteiger partial charge on any atom is -0.314 e. The van der Waals surface area contributed by atoms with Gasteiger partial charge < -0.3 is 4.90 Å². The number of allylic oxidation sites excluding steroid dienone is 1. The molecule has 3 nitrogen and oxygen atoms in total. The summed E-state index contributed by atoms with van der Waals surface area (Å²) in [4.78, 5) is 24.7. The summed E-state index contributed by atoms with van der Waals surface area (Å²) in [5, 5.41) is 0.508. The van der Waals surface area contributed by atoms with Crippen molar-refractivity contribution in [3.63, 3.8) is 0 Å². The van der Waals surface area contributed by atoms with Crippen LogP contribution in [0, 0.1) is 0 Å². The lowest BCUT2D eigenvalue weighted by Crippen LogP contribution is -2.31. The third-order valence-electron chi connectivity index (χ3n) is 2.46. The Hall–Kier alpha value is -1.13. The molecule has 1 aromatic carbocycles. The van der Waals surface area contributed by atoms with Crippen molar-refractivity contribution < 1.29 is 9.59 Å². The van der Waals surface area contributed by atoms with E-state index in [9.17, 15) is 9.59 Å². The summed E-state index contributed by atoms with van der Waals surface area (Å²) >= 11 is 9.17. The van der Waals surface area contributed by atoms with Crippen LogP contribution in [0.25, 0.3) is 0 Å². The molecule has 0 unspecified atom stereocenters. The molecule has 1 amide bonds. The highest BCUT2D eigenvalue weighted by atomic mass is 79.9. The average Bonchev–Trinajstić information content (AvgIpc) is 2.32. The molecule has 0 aromatic heterocycles. The van der Waals surface area contributed by atoms with Gasteiger partial charge in [-0.1, -0.05) is 11.6 Å². The van der Waals surface area contributed by atoms with Crippen LogP contribution in [0.2, 0.25) is 5.02 Å². The molecule has 5 heteroatoms. The first-order valence-electron chi connectivity index (χ1n) is 5.05. The van der Waals surface area contributed by atoms with Gasteiger partial charge in [0, 0.05) is 28.7 Å². The number of ketones is 1. The lowest BCUT2D eigenvalue weighted by atomic mass is 10.1. The van der Waals surface area contributed by atoms with Crippen LogP contribution in [0.4, 0.5) is 0 Å². The third-order valence-corrected chi connectivity index (χ3v) is 3.39. The molecular formula is C12H9BrClNO2. The Morgan fingerprint density at radius 3 is 2.82 bits per heavy atom. The van der Waals surface area contributed by atoms with Gasteiger partial charge in [-0.15, -0.1) is 0 Å². The SMILES string of the molecule is O=C1C=CN(C(=O)c2cc(Cl)ccc2Br)CC1. The molecule has 0 fully saturated rings. The van der Waals surface area contributed by atoms with Crippen LogP contribution in [-0.4, -0.2) is 23.1 Å². The second-order valence-electron chi connectivity index (χ2n) is 3.65. The van der Waals surface area contributed by atoms with Crippen molar-refractivity contribution in [2.45, 2.75) is 6.42 Å². The van der Waals surface area contributed by atoms with Gasteiger partial charge in [0.15, 0.2) is 5.78 Å². The highest BCUT2D eigenvalue weighted by molar-refractivity contribution is 9.10. The average molecular weight is 315 g/mol. The van der Waals surface area contributed by atoms with Gasteiger partial charge in [0.05, 0.1) is 5.56 Å². The molecule has 88 valence electrons. The van der Waals surface area contributed by atoms with Crippen molar-refractivity contribution in [2.24, 2.45) is 0 Å². The lowest BCUT2D eigenvalue weighted by Gasteiger charge is -2.21. The zero-order valence-corrected chi connectivity index (χ0v) is 11.2. The van der Waals surface area contributed by atoms with Crippen LogP contribution >= 0.6 is 27.5 Å². The lowest BCUT2D eigenvalue weighted by molar-refractivity contribution is -0.115. The van der Waals surface area contributed by atoms with Gasteiger partial charge in [-0.3, -0.25) is 9.59 Å². The minimum atomic E-state index is -0.164. The summed E-state index contributed by atoms with van der Waals surface area (Å²) in [6.45, 7) is 0.410. The predicted molar refractivity (Wildman–Crippen MR) is 69.0 cm³/mol.